The van der Waals surface area contributed by atoms with Crippen molar-refractivity contribution in [2.24, 2.45) is 0 Å². The highest BCUT2D eigenvalue weighted by molar-refractivity contribution is 5.76. The third kappa shape index (κ3) is 63.4. The second kappa shape index (κ2) is 66.8. The Balaban J connectivity index is 3.33. The number of allylic oxidation sites excluding steroid dienone is 4. The summed E-state index contributed by atoms with van der Waals surface area (Å²) in [4.78, 5) is 24.6. The first kappa shape index (κ1) is 75.3. The van der Waals surface area contributed by atoms with Crippen molar-refractivity contribution < 1.29 is 24.5 Å². The Morgan fingerprint density at radius 3 is 1.00 bits per heavy atom. The molecule has 0 rings (SSSR count). The molecule has 6 nitrogen and oxygen atoms in total. The second-order valence-electron chi connectivity index (χ2n) is 24.2. The fraction of sp³-hybridized carbons (Fsp3) is 0.915. The fourth-order valence-corrected chi connectivity index (χ4v) is 11.1. The molecule has 3 N–H and O–H groups in total. The minimum Gasteiger partial charge on any atom is -0.466 e. The maximum Gasteiger partial charge on any atom is 0.305 e. The molecule has 0 aromatic heterocycles. The highest BCUT2D eigenvalue weighted by Gasteiger charge is 2.20. The summed E-state index contributed by atoms with van der Waals surface area (Å²) in [6.07, 6.45) is 83.6. The molecule has 0 aliphatic carbocycles. The van der Waals surface area contributed by atoms with E-state index in [0.717, 1.165) is 51.4 Å². The van der Waals surface area contributed by atoms with Gasteiger partial charge in [-0.05, 0) is 57.8 Å². The smallest absolute Gasteiger partial charge is 0.305 e. The lowest BCUT2D eigenvalue weighted by Gasteiger charge is -2.22. The Labute approximate surface area is 481 Å². The van der Waals surface area contributed by atoms with Gasteiger partial charge < -0.3 is 20.3 Å². The maximum atomic E-state index is 12.5. The van der Waals surface area contributed by atoms with Crippen molar-refractivity contribution in [1.29, 1.82) is 0 Å². The van der Waals surface area contributed by atoms with Gasteiger partial charge in [0, 0.05) is 12.8 Å². The van der Waals surface area contributed by atoms with Crippen molar-refractivity contribution >= 4 is 11.9 Å². The zero-order valence-electron chi connectivity index (χ0n) is 52.2. The first-order valence-corrected chi connectivity index (χ1v) is 35.1. The lowest BCUT2D eigenvalue weighted by atomic mass is 10.0. The van der Waals surface area contributed by atoms with Crippen LogP contribution >= 0.6 is 0 Å². The third-order valence-electron chi connectivity index (χ3n) is 16.5. The number of nitrogens with one attached hydrogen (secondary N) is 1. The second-order valence-corrected chi connectivity index (χ2v) is 24.2. The maximum absolute atomic E-state index is 12.5. The quantitative estimate of drug-likeness (QED) is 0.0320. The Kier molecular flexibility index (Phi) is 65.4. The summed E-state index contributed by atoms with van der Waals surface area (Å²) in [5.74, 6) is -0.0180. The average Bonchev–Trinajstić information content (AvgIpc) is 3.43. The third-order valence-corrected chi connectivity index (χ3v) is 16.5. The Morgan fingerprint density at radius 1 is 0.364 bits per heavy atom. The van der Waals surface area contributed by atoms with E-state index in [2.05, 4.69) is 43.5 Å². The van der Waals surface area contributed by atoms with Gasteiger partial charge in [-0.2, -0.15) is 0 Å². The predicted molar refractivity (Wildman–Crippen MR) is 338 cm³/mol. The molecule has 2 unspecified atom stereocenters. The van der Waals surface area contributed by atoms with Crippen LogP contribution in [0.2, 0.25) is 0 Å². The number of aliphatic hydroxyl groups is 2. The van der Waals surface area contributed by atoms with Gasteiger partial charge in [-0.15, -0.1) is 0 Å². The first-order chi connectivity index (χ1) is 38.0. The lowest BCUT2D eigenvalue weighted by molar-refractivity contribution is -0.143. The number of amides is 1. The first-order valence-electron chi connectivity index (χ1n) is 35.1. The van der Waals surface area contributed by atoms with E-state index in [1.54, 1.807) is 0 Å². The number of aliphatic hydroxyl groups excluding tert-OH is 2. The Hall–Kier alpha value is -1.66. The monoisotopic (exact) mass is 1080 g/mol. The molecule has 0 aromatic carbocycles. The summed E-state index contributed by atoms with van der Waals surface area (Å²) in [6.45, 7) is 4.97. The van der Waals surface area contributed by atoms with Gasteiger partial charge in [0.05, 0.1) is 25.4 Å². The highest BCUT2D eigenvalue weighted by Crippen LogP contribution is 2.19. The number of hydrogen-bond acceptors (Lipinski definition) is 5. The SMILES string of the molecule is CCCCCC/C=C\C/C=C\CCCCCCCCCC(=O)OCCCCCCCCCCCCCCCCCCCCCCCCCCCCCC(=O)NC(CO)C(O)CCCCCCCCCCCCCCCCC. The van der Waals surface area contributed by atoms with E-state index in [9.17, 15) is 19.8 Å². The van der Waals surface area contributed by atoms with E-state index in [1.807, 2.05) is 0 Å². The molecule has 456 valence electrons. The van der Waals surface area contributed by atoms with Crippen LogP contribution in [0.4, 0.5) is 0 Å². The van der Waals surface area contributed by atoms with Crippen molar-refractivity contribution in [3.63, 3.8) is 0 Å². The van der Waals surface area contributed by atoms with Gasteiger partial charge in [-0.1, -0.05) is 346 Å². The molecule has 0 aromatic rings. The van der Waals surface area contributed by atoms with Crippen LogP contribution in [0.3, 0.4) is 0 Å². The number of carbonyl (C=O) groups is 2. The molecule has 0 radical (unpaired) electrons. The van der Waals surface area contributed by atoms with Gasteiger partial charge in [0.2, 0.25) is 5.91 Å². The topological polar surface area (TPSA) is 95.9 Å². The fourth-order valence-electron chi connectivity index (χ4n) is 11.1. The van der Waals surface area contributed by atoms with Crippen molar-refractivity contribution in [2.45, 2.75) is 405 Å². The molecule has 6 heteroatoms. The van der Waals surface area contributed by atoms with E-state index in [4.69, 9.17) is 4.74 Å². The molecule has 0 saturated carbocycles. The van der Waals surface area contributed by atoms with Crippen molar-refractivity contribution in [2.75, 3.05) is 13.2 Å². The van der Waals surface area contributed by atoms with Crippen LogP contribution in [0.1, 0.15) is 393 Å². The van der Waals surface area contributed by atoms with Gasteiger partial charge in [0.15, 0.2) is 0 Å². The minimum atomic E-state index is -0.662. The van der Waals surface area contributed by atoms with Crippen LogP contribution in [0.5, 0.6) is 0 Å². The van der Waals surface area contributed by atoms with E-state index in [1.165, 1.54) is 308 Å². The molecule has 0 heterocycles. The number of carbonyl (C=O) groups excluding carboxylic acids is 2. The lowest BCUT2D eigenvalue weighted by Crippen LogP contribution is -2.45. The minimum absolute atomic E-state index is 0.0114. The molecule has 0 fully saturated rings. The van der Waals surface area contributed by atoms with Crippen LogP contribution in [-0.2, 0) is 14.3 Å². The summed E-state index contributed by atoms with van der Waals surface area (Å²) in [7, 11) is 0. The Bertz CT molecular complexity index is 1200. The van der Waals surface area contributed by atoms with Crippen molar-refractivity contribution in [3.05, 3.63) is 24.3 Å². The zero-order valence-corrected chi connectivity index (χ0v) is 52.2. The van der Waals surface area contributed by atoms with Gasteiger partial charge >= 0.3 is 5.97 Å². The molecule has 0 aliphatic heterocycles. The van der Waals surface area contributed by atoms with Crippen molar-refractivity contribution in [1.82, 2.24) is 5.32 Å². The average molecular weight is 1080 g/mol. The molecule has 0 saturated heterocycles. The van der Waals surface area contributed by atoms with E-state index in [-0.39, 0.29) is 18.5 Å². The van der Waals surface area contributed by atoms with E-state index >= 15 is 0 Å². The number of rotatable bonds is 66. The normalized spacial score (nSPS) is 12.6. The highest BCUT2D eigenvalue weighted by atomic mass is 16.5. The molecule has 0 spiro atoms. The largest absolute Gasteiger partial charge is 0.466 e. The predicted octanol–water partition coefficient (Wildman–Crippen LogP) is 22.5. The van der Waals surface area contributed by atoms with E-state index < -0.39 is 12.1 Å². The summed E-state index contributed by atoms with van der Waals surface area (Å²) >= 11 is 0. The summed E-state index contributed by atoms with van der Waals surface area (Å²) < 4.78 is 5.50. The summed E-state index contributed by atoms with van der Waals surface area (Å²) in [5.41, 5.74) is 0. The van der Waals surface area contributed by atoms with Gasteiger partial charge in [-0.3, -0.25) is 9.59 Å². The zero-order chi connectivity index (χ0) is 55.7. The van der Waals surface area contributed by atoms with Gasteiger partial charge in [0.1, 0.15) is 0 Å². The molecule has 2 atom stereocenters. The number of ether oxygens (including phenoxy) is 1. The van der Waals surface area contributed by atoms with Crippen LogP contribution < -0.4 is 5.32 Å². The van der Waals surface area contributed by atoms with Crippen LogP contribution in [-0.4, -0.2) is 47.4 Å². The van der Waals surface area contributed by atoms with Gasteiger partial charge in [-0.25, -0.2) is 0 Å². The van der Waals surface area contributed by atoms with Gasteiger partial charge in [0.25, 0.3) is 0 Å². The molecule has 77 heavy (non-hydrogen) atoms. The number of esters is 1. The molecular weight excluding hydrogens is 947 g/mol. The molecule has 1 amide bonds. The standard InChI is InChI=1S/C71H137NO5/c1-3-5-7-9-11-13-15-17-19-20-33-37-41-45-49-53-57-61-65-71(76)77-66-62-58-54-50-46-42-38-34-31-29-27-25-23-21-22-24-26-28-30-32-36-40-44-48-52-56-60-64-70(75)72-68(67-73)69(74)63-59-55-51-47-43-39-35-18-16-14-12-10-8-6-4-2/h13,15,19-20,68-69,73-74H,3-12,14,16-18,21-67H2,1-2H3,(H,72,75)/b15-13-,20-19-. The summed E-state index contributed by atoms with van der Waals surface area (Å²) in [5, 5.41) is 23.3. The molecule has 0 aliphatic rings. The van der Waals surface area contributed by atoms with Crippen molar-refractivity contribution in [3.8, 4) is 0 Å². The summed E-state index contributed by atoms with van der Waals surface area (Å²) in [6, 6.07) is -0.539. The Morgan fingerprint density at radius 2 is 0.649 bits per heavy atom. The van der Waals surface area contributed by atoms with Crippen LogP contribution in [0, 0.1) is 0 Å². The number of unbranched alkanes of at least 4 members (excludes halogenated alkanes) is 51. The molecule has 0 bridgehead atoms. The van der Waals surface area contributed by atoms with E-state index in [0.29, 0.717) is 25.9 Å². The number of hydrogen-bond donors (Lipinski definition) is 3. The molecular formula is C71H137NO5. The van der Waals surface area contributed by atoms with Crippen LogP contribution in [0.25, 0.3) is 0 Å². The van der Waals surface area contributed by atoms with Crippen LogP contribution in [0.15, 0.2) is 24.3 Å².